The predicted molar refractivity (Wildman–Crippen MR) is 97.6 cm³/mol. The third kappa shape index (κ3) is 4.94. The molecule has 1 fully saturated rings. The summed E-state index contributed by atoms with van der Waals surface area (Å²) in [7, 11) is 1.43. The number of carbonyl (C=O) groups is 1. The van der Waals surface area contributed by atoms with E-state index in [1.54, 1.807) is 0 Å². The van der Waals surface area contributed by atoms with Crippen LogP contribution in [0.2, 0.25) is 0 Å². The Balaban J connectivity index is 1.31. The van der Waals surface area contributed by atoms with Crippen molar-refractivity contribution in [1.82, 2.24) is 4.98 Å². The SMILES string of the molecule is COC(=O)C(C)CCO[C@H]1C[C@H](CCc2ccc3c(n2)NCCC3)C1. The highest BCUT2D eigenvalue weighted by atomic mass is 16.5. The van der Waals surface area contributed by atoms with Gasteiger partial charge in [-0.2, -0.15) is 0 Å². The molecule has 0 bridgehead atoms. The third-order valence-electron chi connectivity index (χ3n) is 5.46. The van der Waals surface area contributed by atoms with Crippen LogP contribution < -0.4 is 5.32 Å². The van der Waals surface area contributed by atoms with Gasteiger partial charge in [-0.3, -0.25) is 4.79 Å². The van der Waals surface area contributed by atoms with Crippen LogP contribution in [0.5, 0.6) is 0 Å². The first-order valence-electron chi connectivity index (χ1n) is 9.57. The normalized spacial score (nSPS) is 23.1. The number of rotatable bonds is 8. The van der Waals surface area contributed by atoms with Gasteiger partial charge < -0.3 is 14.8 Å². The first-order valence-corrected chi connectivity index (χ1v) is 9.57. The number of nitrogens with one attached hydrogen (secondary N) is 1. The molecule has 1 aromatic rings. The quantitative estimate of drug-likeness (QED) is 0.731. The van der Waals surface area contributed by atoms with Crippen molar-refractivity contribution < 1.29 is 14.3 Å². The van der Waals surface area contributed by atoms with E-state index in [-0.39, 0.29) is 11.9 Å². The van der Waals surface area contributed by atoms with Crippen molar-refractivity contribution in [2.24, 2.45) is 11.8 Å². The highest BCUT2D eigenvalue weighted by molar-refractivity contribution is 5.71. The molecule has 5 nitrogen and oxygen atoms in total. The van der Waals surface area contributed by atoms with Crippen molar-refractivity contribution in [2.75, 3.05) is 25.6 Å². The van der Waals surface area contributed by atoms with E-state index in [1.165, 1.54) is 31.2 Å². The minimum Gasteiger partial charge on any atom is -0.469 e. The molecule has 1 aliphatic heterocycles. The van der Waals surface area contributed by atoms with Gasteiger partial charge in [-0.25, -0.2) is 4.98 Å². The van der Waals surface area contributed by atoms with Gasteiger partial charge in [-0.05, 0) is 62.5 Å². The van der Waals surface area contributed by atoms with E-state index >= 15 is 0 Å². The molecule has 0 spiro atoms. The molecule has 0 amide bonds. The predicted octanol–water partition coefficient (Wildman–Crippen LogP) is 3.37. The summed E-state index contributed by atoms with van der Waals surface area (Å²) in [4.78, 5) is 16.1. The molecule has 0 saturated heterocycles. The maximum absolute atomic E-state index is 11.3. The van der Waals surface area contributed by atoms with Gasteiger partial charge in [0.05, 0.1) is 19.1 Å². The van der Waals surface area contributed by atoms with Crippen molar-refractivity contribution in [3.8, 4) is 0 Å². The van der Waals surface area contributed by atoms with Gasteiger partial charge in [0, 0.05) is 18.8 Å². The number of hydrogen-bond acceptors (Lipinski definition) is 5. The molecule has 25 heavy (non-hydrogen) atoms. The minimum absolute atomic E-state index is 0.0791. The summed E-state index contributed by atoms with van der Waals surface area (Å²) in [5.74, 6) is 1.61. The molecule has 1 unspecified atom stereocenters. The number of anilines is 1. The summed E-state index contributed by atoms with van der Waals surface area (Å²) in [5, 5.41) is 3.41. The Bertz CT molecular complexity index is 584. The van der Waals surface area contributed by atoms with Crippen molar-refractivity contribution in [2.45, 2.75) is 58.0 Å². The first kappa shape index (κ1) is 18.2. The minimum atomic E-state index is -0.151. The molecule has 1 N–H and O–H groups in total. The Labute approximate surface area is 150 Å². The zero-order valence-electron chi connectivity index (χ0n) is 15.4. The Kier molecular flexibility index (Phi) is 6.29. The van der Waals surface area contributed by atoms with Crippen LogP contribution in [0.15, 0.2) is 12.1 Å². The van der Waals surface area contributed by atoms with Gasteiger partial charge in [0.1, 0.15) is 5.82 Å². The molecular formula is C20H30N2O3. The Morgan fingerprint density at radius 2 is 2.24 bits per heavy atom. The number of aromatic nitrogens is 1. The lowest BCUT2D eigenvalue weighted by Crippen LogP contribution is -2.32. The van der Waals surface area contributed by atoms with Crippen molar-refractivity contribution in [3.63, 3.8) is 0 Å². The average Bonchev–Trinajstić information content (AvgIpc) is 2.61. The summed E-state index contributed by atoms with van der Waals surface area (Å²) in [5.41, 5.74) is 2.55. The molecule has 2 heterocycles. The van der Waals surface area contributed by atoms with Gasteiger partial charge in [0.2, 0.25) is 0 Å². The van der Waals surface area contributed by atoms with Crippen molar-refractivity contribution >= 4 is 11.8 Å². The van der Waals surface area contributed by atoms with E-state index in [0.29, 0.717) is 12.7 Å². The summed E-state index contributed by atoms with van der Waals surface area (Å²) < 4.78 is 10.6. The number of methoxy groups -OCH3 is 1. The highest BCUT2D eigenvalue weighted by Gasteiger charge is 2.29. The summed E-state index contributed by atoms with van der Waals surface area (Å²) >= 11 is 0. The van der Waals surface area contributed by atoms with Crippen LogP contribution >= 0.6 is 0 Å². The molecule has 1 atom stereocenters. The standard InChI is InChI=1S/C20H30N2O3/c1-14(20(23)24-2)9-11-25-18-12-15(13-18)5-7-17-8-6-16-4-3-10-21-19(16)22-17/h6,8,14-15,18H,3-5,7,9-13H2,1-2H3,(H,21,22)/t14?,15-,18-. The number of ether oxygens (including phenoxy) is 2. The van der Waals surface area contributed by atoms with E-state index in [1.807, 2.05) is 6.92 Å². The van der Waals surface area contributed by atoms with Crippen molar-refractivity contribution in [3.05, 3.63) is 23.4 Å². The molecule has 5 heteroatoms. The molecule has 138 valence electrons. The number of aryl methyl sites for hydroxylation is 2. The van der Waals surface area contributed by atoms with E-state index in [4.69, 9.17) is 14.5 Å². The lowest BCUT2D eigenvalue weighted by Gasteiger charge is -2.35. The molecule has 0 aromatic carbocycles. The van der Waals surface area contributed by atoms with Crippen LogP contribution in [0.25, 0.3) is 0 Å². The number of carbonyl (C=O) groups excluding carboxylic acids is 1. The van der Waals surface area contributed by atoms with Gasteiger partial charge >= 0.3 is 5.97 Å². The molecule has 0 radical (unpaired) electrons. The van der Waals surface area contributed by atoms with Crippen LogP contribution in [0.1, 0.15) is 50.3 Å². The van der Waals surface area contributed by atoms with Gasteiger partial charge in [-0.1, -0.05) is 13.0 Å². The van der Waals surface area contributed by atoms with Crippen LogP contribution in [-0.4, -0.2) is 37.3 Å². The molecular weight excluding hydrogens is 316 g/mol. The van der Waals surface area contributed by atoms with Gasteiger partial charge in [0.15, 0.2) is 0 Å². The topological polar surface area (TPSA) is 60.5 Å². The fraction of sp³-hybridized carbons (Fsp3) is 0.700. The Morgan fingerprint density at radius 1 is 1.40 bits per heavy atom. The first-order chi connectivity index (χ1) is 12.2. The number of fused-ring (bicyclic) bond motifs is 1. The van der Waals surface area contributed by atoms with Gasteiger partial charge in [0.25, 0.3) is 0 Å². The smallest absolute Gasteiger partial charge is 0.308 e. The summed E-state index contributed by atoms with van der Waals surface area (Å²) in [6.07, 6.45) is 7.95. The lowest BCUT2D eigenvalue weighted by atomic mass is 9.79. The second-order valence-corrected chi connectivity index (χ2v) is 7.42. The molecule has 1 saturated carbocycles. The second kappa shape index (κ2) is 8.65. The molecule has 3 rings (SSSR count). The van der Waals surface area contributed by atoms with E-state index in [9.17, 15) is 4.79 Å². The molecule has 1 aliphatic carbocycles. The third-order valence-corrected chi connectivity index (χ3v) is 5.46. The zero-order valence-corrected chi connectivity index (χ0v) is 15.4. The number of pyridine rings is 1. The Morgan fingerprint density at radius 3 is 3.04 bits per heavy atom. The lowest BCUT2D eigenvalue weighted by molar-refractivity contribution is -0.146. The van der Waals surface area contributed by atoms with Crippen LogP contribution in [-0.2, 0) is 27.1 Å². The number of hydrogen-bond donors (Lipinski definition) is 1. The maximum Gasteiger partial charge on any atom is 0.308 e. The van der Waals surface area contributed by atoms with Crippen molar-refractivity contribution in [1.29, 1.82) is 0 Å². The van der Waals surface area contributed by atoms with E-state index in [0.717, 1.165) is 50.4 Å². The monoisotopic (exact) mass is 346 g/mol. The van der Waals surface area contributed by atoms with Crippen LogP contribution in [0, 0.1) is 11.8 Å². The van der Waals surface area contributed by atoms with Gasteiger partial charge in [-0.15, -0.1) is 0 Å². The maximum atomic E-state index is 11.3. The number of nitrogens with zero attached hydrogens (tertiary/aromatic N) is 1. The average molecular weight is 346 g/mol. The highest BCUT2D eigenvalue weighted by Crippen LogP contribution is 2.34. The van der Waals surface area contributed by atoms with Crippen LogP contribution in [0.4, 0.5) is 5.82 Å². The summed E-state index contributed by atoms with van der Waals surface area (Å²) in [6.45, 7) is 3.57. The van der Waals surface area contributed by atoms with Crippen LogP contribution in [0.3, 0.4) is 0 Å². The van der Waals surface area contributed by atoms with E-state index < -0.39 is 0 Å². The number of esters is 1. The molecule has 2 aliphatic rings. The fourth-order valence-corrected chi connectivity index (χ4v) is 3.64. The zero-order chi connectivity index (χ0) is 17.6. The Hall–Kier alpha value is -1.62. The largest absolute Gasteiger partial charge is 0.469 e. The summed E-state index contributed by atoms with van der Waals surface area (Å²) in [6, 6.07) is 4.42. The molecule has 1 aromatic heterocycles. The van der Waals surface area contributed by atoms with E-state index in [2.05, 4.69) is 17.4 Å². The fourth-order valence-electron chi connectivity index (χ4n) is 3.64. The second-order valence-electron chi connectivity index (χ2n) is 7.42.